The van der Waals surface area contributed by atoms with Gasteiger partial charge in [-0.2, -0.15) is 0 Å². The van der Waals surface area contributed by atoms with E-state index in [1.807, 2.05) is 11.3 Å². The molecule has 3 aromatic heterocycles. The van der Waals surface area contributed by atoms with E-state index in [2.05, 4.69) is 62.6 Å². The third-order valence-corrected chi connectivity index (χ3v) is 12.6. The van der Waals surface area contributed by atoms with Gasteiger partial charge in [-0.05, 0) is 73.9 Å². The fraction of sp³-hybridized carbons (Fsp3) is 0.650. The Bertz CT molecular complexity index is 1210. The van der Waals surface area contributed by atoms with Crippen LogP contribution in [0.2, 0.25) is 0 Å². The summed E-state index contributed by atoms with van der Waals surface area (Å²) in [5.74, 6) is 0.125. The van der Waals surface area contributed by atoms with E-state index < -0.39 is 0 Å². The summed E-state index contributed by atoms with van der Waals surface area (Å²) in [5.41, 5.74) is 2.62. The van der Waals surface area contributed by atoms with Crippen LogP contribution >= 0.6 is 34.0 Å². The topological polar surface area (TPSA) is 58.2 Å². The number of nitrogens with one attached hydrogen (secondary N) is 2. The first kappa shape index (κ1) is 39.5. The van der Waals surface area contributed by atoms with Gasteiger partial charge in [0.1, 0.15) is 0 Å². The highest BCUT2D eigenvalue weighted by molar-refractivity contribution is 7.27. The Morgan fingerprint density at radius 3 is 1.26 bits per heavy atom. The van der Waals surface area contributed by atoms with E-state index in [4.69, 9.17) is 0 Å². The fourth-order valence-electron chi connectivity index (χ4n) is 5.97. The predicted octanol–water partition coefficient (Wildman–Crippen LogP) is 12.9. The minimum atomic E-state index is 0.0624. The molecule has 47 heavy (non-hydrogen) atoms. The van der Waals surface area contributed by atoms with E-state index in [-0.39, 0.29) is 11.8 Å². The number of hydrogen-bond donors (Lipinski definition) is 2. The average molecular weight is 699 g/mol. The van der Waals surface area contributed by atoms with Crippen LogP contribution in [0.3, 0.4) is 0 Å². The molecule has 0 aliphatic carbocycles. The maximum Gasteiger partial charge on any atom is 0.261 e. The molecule has 0 aliphatic rings. The van der Waals surface area contributed by atoms with Crippen molar-refractivity contribution in [1.82, 2.24) is 10.6 Å². The molecule has 0 bridgehead atoms. The molecule has 0 aliphatic heterocycles. The quantitative estimate of drug-likeness (QED) is 0.0820. The maximum absolute atomic E-state index is 13.2. The van der Waals surface area contributed by atoms with Crippen molar-refractivity contribution in [2.45, 2.75) is 156 Å². The Kier molecular flexibility index (Phi) is 19.7. The van der Waals surface area contributed by atoms with Gasteiger partial charge in [0, 0.05) is 32.6 Å². The Balaban J connectivity index is 1.83. The molecule has 3 aromatic rings. The molecule has 7 heteroatoms. The van der Waals surface area contributed by atoms with Crippen LogP contribution in [-0.2, 0) is 12.8 Å². The summed E-state index contributed by atoms with van der Waals surface area (Å²) in [4.78, 5) is 32.9. The first-order valence-electron chi connectivity index (χ1n) is 18.9. The highest BCUT2D eigenvalue weighted by Gasteiger charge is 2.21. The van der Waals surface area contributed by atoms with Gasteiger partial charge in [0.2, 0.25) is 0 Å². The number of hydrogen-bond acceptors (Lipinski definition) is 5. The third-order valence-electron chi connectivity index (χ3n) is 8.85. The fourth-order valence-corrected chi connectivity index (χ4v) is 9.52. The van der Waals surface area contributed by atoms with Crippen LogP contribution in [0.5, 0.6) is 0 Å². The predicted molar refractivity (Wildman–Crippen MR) is 209 cm³/mol. The van der Waals surface area contributed by atoms with E-state index in [0.717, 1.165) is 87.1 Å². The first-order valence-corrected chi connectivity index (χ1v) is 21.4. The highest BCUT2D eigenvalue weighted by atomic mass is 32.1. The molecule has 262 valence electrons. The van der Waals surface area contributed by atoms with E-state index >= 15 is 0 Å². The summed E-state index contributed by atoms with van der Waals surface area (Å²) in [5, 5.41) is 6.33. The summed E-state index contributed by atoms with van der Waals surface area (Å²) in [7, 11) is 0. The summed E-state index contributed by atoms with van der Waals surface area (Å²) in [6.07, 6.45) is 23.8. The van der Waals surface area contributed by atoms with Crippen molar-refractivity contribution < 1.29 is 9.59 Å². The second-order valence-electron chi connectivity index (χ2n) is 13.1. The van der Waals surface area contributed by atoms with Crippen LogP contribution in [-0.4, -0.2) is 24.9 Å². The second-order valence-corrected chi connectivity index (χ2v) is 16.2. The van der Waals surface area contributed by atoms with E-state index in [9.17, 15) is 9.59 Å². The average Bonchev–Trinajstić information content (AvgIpc) is 3.83. The monoisotopic (exact) mass is 698 g/mol. The van der Waals surface area contributed by atoms with Crippen LogP contribution in [0.4, 0.5) is 0 Å². The van der Waals surface area contributed by atoms with Crippen LogP contribution < -0.4 is 10.6 Å². The number of amides is 2. The van der Waals surface area contributed by atoms with Crippen LogP contribution in [0.15, 0.2) is 24.3 Å². The molecule has 0 radical (unpaired) electrons. The molecule has 0 fully saturated rings. The third kappa shape index (κ3) is 13.8. The summed E-state index contributed by atoms with van der Waals surface area (Å²) in [6, 6.07) is 8.82. The first-order chi connectivity index (χ1) is 23.0. The zero-order valence-corrected chi connectivity index (χ0v) is 32.4. The van der Waals surface area contributed by atoms with Gasteiger partial charge in [-0.25, -0.2) is 0 Å². The molecule has 3 heterocycles. The van der Waals surface area contributed by atoms with Crippen molar-refractivity contribution in [1.29, 1.82) is 0 Å². The van der Waals surface area contributed by atoms with Gasteiger partial charge in [-0.15, -0.1) is 34.0 Å². The van der Waals surface area contributed by atoms with Crippen molar-refractivity contribution >= 4 is 45.8 Å². The van der Waals surface area contributed by atoms with Crippen LogP contribution in [0, 0.1) is 0 Å². The molecule has 4 nitrogen and oxygen atoms in total. The van der Waals surface area contributed by atoms with Crippen molar-refractivity contribution in [3.63, 3.8) is 0 Å². The summed E-state index contributed by atoms with van der Waals surface area (Å²) in [6.45, 7) is 10.4. The van der Waals surface area contributed by atoms with Crippen molar-refractivity contribution in [2.24, 2.45) is 0 Å². The lowest BCUT2D eigenvalue weighted by Crippen LogP contribution is -2.23. The highest BCUT2D eigenvalue weighted by Crippen LogP contribution is 2.44. The number of aryl methyl sites for hydroxylation is 2. The molecule has 2 amide bonds. The maximum atomic E-state index is 13.2. The molecular formula is C40H62N2O2S3. The van der Waals surface area contributed by atoms with Gasteiger partial charge in [-0.3, -0.25) is 9.59 Å². The second kappa shape index (κ2) is 23.4. The molecule has 0 aromatic carbocycles. The molecule has 0 spiro atoms. The Labute approximate surface area is 298 Å². The molecular weight excluding hydrogens is 637 g/mol. The summed E-state index contributed by atoms with van der Waals surface area (Å²) >= 11 is 5.13. The van der Waals surface area contributed by atoms with Crippen LogP contribution in [0.25, 0.3) is 19.5 Å². The van der Waals surface area contributed by atoms with Crippen molar-refractivity contribution in [2.75, 3.05) is 13.1 Å². The lowest BCUT2D eigenvalue weighted by Gasteiger charge is -2.04. The van der Waals surface area contributed by atoms with Gasteiger partial charge in [0.15, 0.2) is 0 Å². The Morgan fingerprint density at radius 1 is 0.489 bits per heavy atom. The molecule has 0 saturated carbocycles. The van der Waals surface area contributed by atoms with Gasteiger partial charge < -0.3 is 10.6 Å². The number of rotatable bonds is 26. The number of unbranched alkanes of at least 4 members (excludes halogenated alkanes) is 14. The Hall–Kier alpha value is -1.96. The minimum absolute atomic E-state index is 0.0624. The van der Waals surface area contributed by atoms with E-state index in [0.29, 0.717) is 0 Å². The van der Waals surface area contributed by atoms with Gasteiger partial charge in [-0.1, -0.05) is 118 Å². The van der Waals surface area contributed by atoms with Crippen molar-refractivity contribution in [3.05, 3.63) is 45.1 Å². The molecule has 3 rings (SSSR count). The Morgan fingerprint density at radius 2 is 0.851 bits per heavy atom. The molecule has 0 unspecified atom stereocenters. The van der Waals surface area contributed by atoms with E-state index in [1.54, 1.807) is 22.7 Å². The van der Waals surface area contributed by atoms with Gasteiger partial charge in [0.25, 0.3) is 11.8 Å². The largest absolute Gasteiger partial charge is 0.351 e. The number of thiophene rings is 3. The van der Waals surface area contributed by atoms with Gasteiger partial charge >= 0.3 is 0 Å². The summed E-state index contributed by atoms with van der Waals surface area (Å²) < 4.78 is 0. The minimum Gasteiger partial charge on any atom is -0.351 e. The number of carbonyl (C=O) groups excluding carboxylic acids is 2. The smallest absolute Gasteiger partial charge is 0.261 e. The SMILES string of the molecule is CCCCCCCCc1cc(C(=O)NCCCCC)sc1-c1ccc(-c2sc(C(=O)NCCCCC)cc2CCCCCCCC)s1. The molecule has 2 N–H and O–H groups in total. The van der Waals surface area contributed by atoms with Crippen LogP contribution in [0.1, 0.15) is 174 Å². The lowest BCUT2D eigenvalue weighted by molar-refractivity contribution is 0.0948. The van der Waals surface area contributed by atoms with Gasteiger partial charge in [0.05, 0.1) is 9.75 Å². The lowest BCUT2D eigenvalue weighted by atomic mass is 10.0. The number of carbonyl (C=O) groups is 2. The standard InChI is InChI=1S/C40H62N2O2S3/c1-5-9-13-15-17-19-23-31-29-35(39(43)41-27-21-11-7-3)46-37(31)33-25-26-34(45-33)38-32(24-20-18-16-14-10-6-2)30-36(47-38)40(44)42-28-22-12-8-4/h25-26,29-30H,5-24,27-28H2,1-4H3,(H,41,43)(H,42,44). The van der Waals surface area contributed by atoms with Crippen molar-refractivity contribution in [3.8, 4) is 19.5 Å². The normalized spacial score (nSPS) is 11.3. The zero-order chi connectivity index (χ0) is 33.7. The van der Waals surface area contributed by atoms with E-state index in [1.165, 1.54) is 94.8 Å². The molecule has 0 saturated heterocycles. The zero-order valence-electron chi connectivity index (χ0n) is 29.9. The molecule has 0 atom stereocenters.